The lowest BCUT2D eigenvalue weighted by molar-refractivity contribution is -0.129. The van der Waals surface area contributed by atoms with E-state index in [1.54, 1.807) is 19.2 Å². The minimum Gasteiger partial charge on any atom is -0.497 e. The minimum atomic E-state index is -0.444. The highest BCUT2D eigenvalue weighted by Gasteiger charge is 2.08. The molecule has 6 heteroatoms. The van der Waals surface area contributed by atoms with Crippen LogP contribution in [0.4, 0.5) is 0 Å². The normalized spacial score (nSPS) is 10.7. The van der Waals surface area contributed by atoms with Crippen molar-refractivity contribution < 1.29 is 14.3 Å². The molecule has 1 rings (SSSR count). The average molecular weight is 291 g/mol. The zero-order chi connectivity index (χ0) is 15.7. The maximum absolute atomic E-state index is 11.5. The summed E-state index contributed by atoms with van der Waals surface area (Å²) in [5.41, 5.74) is 3.14. The fourth-order valence-corrected chi connectivity index (χ4v) is 1.43. The topological polar surface area (TPSA) is 79.8 Å². The van der Waals surface area contributed by atoms with E-state index in [2.05, 4.69) is 15.8 Å². The number of amides is 2. The number of benzene rings is 1. The van der Waals surface area contributed by atoms with Crippen LogP contribution in [0.5, 0.6) is 5.75 Å². The molecule has 21 heavy (non-hydrogen) atoms. The molecule has 0 fully saturated rings. The van der Waals surface area contributed by atoms with Crippen LogP contribution in [-0.2, 0) is 9.59 Å². The van der Waals surface area contributed by atoms with E-state index < -0.39 is 5.91 Å². The van der Waals surface area contributed by atoms with Gasteiger partial charge in [-0.25, -0.2) is 5.43 Å². The molecular weight excluding hydrogens is 270 g/mol. The molecule has 0 aliphatic carbocycles. The van der Waals surface area contributed by atoms with Crippen LogP contribution in [0.25, 0.3) is 0 Å². The van der Waals surface area contributed by atoms with Crippen LogP contribution < -0.4 is 15.5 Å². The van der Waals surface area contributed by atoms with Crippen molar-refractivity contribution in [2.45, 2.75) is 20.3 Å². The molecule has 0 spiro atoms. The predicted octanol–water partition coefficient (Wildman–Crippen LogP) is 1.31. The predicted molar refractivity (Wildman–Crippen MR) is 81.2 cm³/mol. The number of carbonyl (C=O) groups is 2. The summed E-state index contributed by atoms with van der Waals surface area (Å²) in [6.07, 6.45) is 1.27. The maximum atomic E-state index is 11.5. The second-order valence-corrected chi connectivity index (χ2v) is 4.94. The van der Waals surface area contributed by atoms with Crippen molar-refractivity contribution >= 4 is 18.0 Å². The summed E-state index contributed by atoms with van der Waals surface area (Å²) in [5, 5.41) is 6.47. The second kappa shape index (κ2) is 8.73. The zero-order valence-corrected chi connectivity index (χ0v) is 12.6. The van der Waals surface area contributed by atoms with Crippen LogP contribution in [0, 0.1) is 5.92 Å². The van der Waals surface area contributed by atoms with E-state index in [0.29, 0.717) is 12.5 Å². The first-order valence-electron chi connectivity index (χ1n) is 6.74. The third-order valence-corrected chi connectivity index (χ3v) is 2.55. The SMILES string of the molecule is COc1ccc(/C=N\NC(=O)CC(=O)NCC(C)C)cc1. The summed E-state index contributed by atoms with van der Waals surface area (Å²) in [5.74, 6) is 0.352. The Labute approximate surface area is 124 Å². The van der Waals surface area contributed by atoms with Crippen molar-refractivity contribution in [3.63, 3.8) is 0 Å². The van der Waals surface area contributed by atoms with Crippen molar-refractivity contribution in [3.05, 3.63) is 29.8 Å². The first-order chi connectivity index (χ1) is 10.0. The van der Waals surface area contributed by atoms with Gasteiger partial charge in [-0.15, -0.1) is 0 Å². The highest BCUT2D eigenvalue weighted by Crippen LogP contribution is 2.09. The lowest BCUT2D eigenvalue weighted by Crippen LogP contribution is -2.32. The standard InChI is InChI=1S/C15H21N3O3/c1-11(2)9-16-14(19)8-15(20)18-17-10-12-4-6-13(21-3)7-5-12/h4-7,10-11H,8-9H2,1-3H3,(H,16,19)(H,18,20)/b17-10-. The summed E-state index contributed by atoms with van der Waals surface area (Å²) >= 11 is 0. The molecule has 0 aromatic heterocycles. The fourth-order valence-electron chi connectivity index (χ4n) is 1.43. The summed E-state index contributed by atoms with van der Waals surface area (Å²) in [7, 11) is 1.59. The van der Waals surface area contributed by atoms with Crippen LogP contribution in [-0.4, -0.2) is 31.7 Å². The average Bonchev–Trinajstić information content (AvgIpc) is 2.46. The van der Waals surface area contributed by atoms with Gasteiger partial charge in [0.1, 0.15) is 12.2 Å². The first-order valence-corrected chi connectivity index (χ1v) is 6.74. The van der Waals surface area contributed by atoms with Gasteiger partial charge in [-0.1, -0.05) is 13.8 Å². The van der Waals surface area contributed by atoms with Gasteiger partial charge in [0.25, 0.3) is 0 Å². The maximum Gasteiger partial charge on any atom is 0.249 e. The number of hydrazone groups is 1. The van der Waals surface area contributed by atoms with Gasteiger partial charge >= 0.3 is 0 Å². The van der Waals surface area contributed by atoms with Crippen molar-refractivity contribution in [3.8, 4) is 5.75 Å². The highest BCUT2D eigenvalue weighted by atomic mass is 16.5. The molecular formula is C15H21N3O3. The van der Waals surface area contributed by atoms with Crippen molar-refractivity contribution in [2.75, 3.05) is 13.7 Å². The molecule has 0 saturated carbocycles. The Bertz CT molecular complexity index is 495. The lowest BCUT2D eigenvalue weighted by Gasteiger charge is -2.06. The number of nitrogens with one attached hydrogen (secondary N) is 2. The summed E-state index contributed by atoms with van der Waals surface area (Å²) < 4.78 is 5.04. The van der Waals surface area contributed by atoms with E-state index in [0.717, 1.165) is 11.3 Å². The minimum absolute atomic E-state index is 0.229. The van der Waals surface area contributed by atoms with E-state index in [4.69, 9.17) is 4.74 Å². The molecule has 2 amide bonds. The number of hydrogen-bond donors (Lipinski definition) is 2. The number of carbonyl (C=O) groups excluding carboxylic acids is 2. The Hall–Kier alpha value is -2.37. The molecule has 1 aromatic carbocycles. The molecule has 0 heterocycles. The number of hydrogen-bond acceptors (Lipinski definition) is 4. The third-order valence-electron chi connectivity index (χ3n) is 2.55. The number of ether oxygens (including phenoxy) is 1. The van der Waals surface area contributed by atoms with E-state index in [1.807, 2.05) is 26.0 Å². The third kappa shape index (κ3) is 7.10. The quantitative estimate of drug-likeness (QED) is 0.451. The van der Waals surface area contributed by atoms with E-state index >= 15 is 0 Å². The Morgan fingerprint density at radius 3 is 2.48 bits per heavy atom. The van der Waals surface area contributed by atoms with Crippen molar-refractivity contribution in [1.29, 1.82) is 0 Å². The van der Waals surface area contributed by atoms with Crippen LogP contribution in [0.2, 0.25) is 0 Å². The summed E-state index contributed by atoms with van der Waals surface area (Å²) in [4.78, 5) is 22.9. The smallest absolute Gasteiger partial charge is 0.249 e. The largest absolute Gasteiger partial charge is 0.497 e. The van der Waals surface area contributed by atoms with Crippen LogP contribution >= 0.6 is 0 Å². The molecule has 0 unspecified atom stereocenters. The number of methoxy groups -OCH3 is 1. The molecule has 114 valence electrons. The van der Waals surface area contributed by atoms with Crippen molar-refractivity contribution in [2.24, 2.45) is 11.0 Å². The Kier molecular flexibility index (Phi) is 6.94. The first kappa shape index (κ1) is 16.7. The van der Waals surface area contributed by atoms with Crippen LogP contribution in [0.1, 0.15) is 25.8 Å². The molecule has 0 saturated heterocycles. The second-order valence-electron chi connectivity index (χ2n) is 4.94. The van der Waals surface area contributed by atoms with Gasteiger partial charge in [0.15, 0.2) is 0 Å². The van der Waals surface area contributed by atoms with Crippen LogP contribution in [0.3, 0.4) is 0 Å². The Morgan fingerprint density at radius 1 is 1.24 bits per heavy atom. The monoisotopic (exact) mass is 291 g/mol. The molecule has 0 bridgehead atoms. The molecule has 6 nitrogen and oxygen atoms in total. The Morgan fingerprint density at radius 2 is 1.90 bits per heavy atom. The van der Waals surface area contributed by atoms with Crippen LogP contribution in [0.15, 0.2) is 29.4 Å². The molecule has 0 radical (unpaired) electrons. The van der Waals surface area contributed by atoms with Crippen molar-refractivity contribution in [1.82, 2.24) is 10.7 Å². The lowest BCUT2D eigenvalue weighted by atomic mass is 10.2. The van der Waals surface area contributed by atoms with Gasteiger partial charge in [0, 0.05) is 6.54 Å². The van der Waals surface area contributed by atoms with E-state index in [9.17, 15) is 9.59 Å². The van der Waals surface area contributed by atoms with Gasteiger partial charge in [-0.05, 0) is 35.7 Å². The number of nitrogens with zero attached hydrogens (tertiary/aromatic N) is 1. The van der Waals surface area contributed by atoms with E-state index in [1.165, 1.54) is 6.21 Å². The summed E-state index contributed by atoms with van der Waals surface area (Å²) in [6.45, 7) is 4.53. The van der Waals surface area contributed by atoms with Gasteiger partial charge < -0.3 is 10.1 Å². The van der Waals surface area contributed by atoms with E-state index in [-0.39, 0.29) is 12.3 Å². The fraction of sp³-hybridized carbons (Fsp3) is 0.400. The zero-order valence-electron chi connectivity index (χ0n) is 12.6. The van der Waals surface area contributed by atoms with Gasteiger partial charge in [-0.3, -0.25) is 9.59 Å². The molecule has 0 aliphatic heterocycles. The molecule has 2 N–H and O–H groups in total. The molecule has 0 aliphatic rings. The van der Waals surface area contributed by atoms with Gasteiger partial charge in [-0.2, -0.15) is 5.10 Å². The summed E-state index contributed by atoms with van der Waals surface area (Å²) in [6, 6.07) is 7.21. The molecule has 0 atom stereocenters. The number of rotatable bonds is 7. The van der Waals surface area contributed by atoms with Gasteiger partial charge in [0.2, 0.25) is 11.8 Å². The molecule has 1 aromatic rings. The highest BCUT2D eigenvalue weighted by molar-refractivity contribution is 5.97. The van der Waals surface area contributed by atoms with Gasteiger partial charge in [0.05, 0.1) is 13.3 Å². The Balaban J connectivity index is 2.34.